The minimum absolute atomic E-state index is 0.00364. The Morgan fingerprint density at radius 2 is 1.49 bits per heavy atom. The van der Waals surface area contributed by atoms with Crippen LogP contribution in [0, 0.1) is 47.3 Å². The highest BCUT2D eigenvalue weighted by Gasteiger charge is 2.57. The highest BCUT2D eigenvalue weighted by atomic mass is 16.7. The van der Waals surface area contributed by atoms with Gasteiger partial charge in [-0.3, -0.25) is 14.4 Å². The lowest BCUT2D eigenvalue weighted by molar-refractivity contribution is -0.314. The number of carbonyl (C=O) groups excluding carboxylic acids is 4. The van der Waals surface area contributed by atoms with Crippen LogP contribution in [0.2, 0.25) is 0 Å². The van der Waals surface area contributed by atoms with E-state index in [0.717, 1.165) is 48.8 Å². The predicted molar refractivity (Wildman–Crippen MR) is 313 cm³/mol. The maximum atomic E-state index is 15.2. The third kappa shape index (κ3) is 20.3. The van der Waals surface area contributed by atoms with E-state index in [2.05, 4.69) is 74.1 Å². The van der Waals surface area contributed by atoms with E-state index in [1.807, 2.05) is 93.5 Å². The molecular weight excluding hydrogens is 983 g/mol. The van der Waals surface area contributed by atoms with Gasteiger partial charge in [0, 0.05) is 44.2 Å². The molecule has 1 aliphatic carbocycles. The molecule has 0 aromatic heterocycles. The van der Waals surface area contributed by atoms with Crippen LogP contribution >= 0.6 is 0 Å². The van der Waals surface area contributed by atoms with Crippen molar-refractivity contribution in [3.8, 4) is 0 Å². The molecule has 4 rings (SSSR count). The molecule has 2 bridgehead atoms. The van der Waals surface area contributed by atoms with Crippen LogP contribution < -0.4 is 0 Å². The first-order valence-electron chi connectivity index (χ1n) is 30.1. The molecule has 4 aliphatic rings. The Labute approximate surface area is 473 Å². The Bertz CT molecular complexity index is 2100. The van der Waals surface area contributed by atoms with Gasteiger partial charge in [-0.1, -0.05) is 97.1 Å². The van der Waals surface area contributed by atoms with Gasteiger partial charge in [0.05, 0.1) is 54.4 Å². The van der Waals surface area contributed by atoms with Crippen LogP contribution in [0.1, 0.15) is 202 Å². The third-order valence-electron chi connectivity index (χ3n) is 16.7. The summed E-state index contributed by atoms with van der Waals surface area (Å²) in [5, 5.41) is 0. The molecule has 3 aliphatic heterocycles. The number of methoxy groups -OCH3 is 1. The van der Waals surface area contributed by atoms with Crippen LogP contribution in [0.15, 0.2) is 59.8 Å². The molecular formula is C66H109NO11. The molecule has 1 saturated carbocycles. The van der Waals surface area contributed by atoms with Crippen molar-refractivity contribution in [1.29, 1.82) is 0 Å². The molecule has 0 radical (unpaired) electrons. The van der Waals surface area contributed by atoms with Crippen molar-refractivity contribution in [2.75, 3.05) is 26.9 Å². The minimum atomic E-state index is -1.91. The van der Waals surface area contributed by atoms with Gasteiger partial charge in [-0.25, -0.2) is 4.79 Å². The first-order chi connectivity index (χ1) is 36.2. The quantitative estimate of drug-likeness (QED) is 0.0895. The molecule has 1 amide bonds. The SMILES string of the molecule is C=C1[C@H](C)C[C@H](C)/C=C/C=C/C=C(\C)[C@@H](OC)C[C@@H]2CC[C@@H](C)[C@@](OC(C)(C)C)(O2)C(=O)C(=O)N2CCCC[C@H]2C(=O)O[C@H]([C@H](C)C[C@@H]2CC[C@@H](OCCOC(C)(C)C)[C@H](C)C2)CC(=O)[C@H](C)/C=C(\C)[C@@H](OC(C)(C)C)[C@H]1C. The second-order valence-corrected chi connectivity index (χ2v) is 27.3. The number of rotatable bonds is 10. The summed E-state index contributed by atoms with van der Waals surface area (Å²) >= 11 is 0. The summed E-state index contributed by atoms with van der Waals surface area (Å²) in [6, 6.07) is -1.03. The average Bonchev–Trinajstić information content (AvgIpc) is 3.37. The summed E-state index contributed by atoms with van der Waals surface area (Å²) in [5.74, 6) is -4.32. The maximum absolute atomic E-state index is 15.2. The summed E-state index contributed by atoms with van der Waals surface area (Å²) in [7, 11) is 1.67. The van der Waals surface area contributed by atoms with E-state index >= 15 is 9.59 Å². The van der Waals surface area contributed by atoms with Crippen molar-refractivity contribution in [2.24, 2.45) is 47.3 Å². The highest BCUT2D eigenvalue weighted by molar-refractivity contribution is 6.39. The molecule has 78 heavy (non-hydrogen) atoms. The van der Waals surface area contributed by atoms with Gasteiger partial charge < -0.3 is 38.1 Å². The van der Waals surface area contributed by atoms with Gasteiger partial charge >= 0.3 is 5.97 Å². The number of nitrogens with zero attached hydrogens (tertiary/aromatic N) is 1. The van der Waals surface area contributed by atoms with E-state index in [1.54, 1.807) is 7.11 Å². The number of ketones is 2. The monoisotopic (exact) mass is 1090 g/mol. The topological polar surface area (TPSA) is 136 Å². The number of esters is 1. The Balaban J connectivity index is 1.77. The van der Waals surface area contributed by atoms with Crippen molar-refractivity contribution >= 4 is 23.4 Å². The fraction of sp³-hybridized carbons (Fsp3) is 0.788. The smallest absolute Gasteiger partial charge is 0.329 e. The maximum Gasteiger partial charge on any atom is 0.329 e. The number of piperidine rings is 1. The summed E-state index contributed by atoms with van der Waals surface area (Å²) < 4.78 is 45.3. The zero-order valence-electron chi connectivity index (χ0n) is 52.3. The zero-order valence-corrected chi connectivity index (χ0v) is 52.3. The van der Waals surface area contributed by atoms with E-state index in [1.165, 1.54) is 4.90 Å². The largest absolute Gasteiger partial charge is 0.460 e. The summed E-state index contributed by atoms with van der Waals surface area (Å²) in [6.45, 7) is 42.6. The lowest BCUT2D eigenvalue weighted by Gasteiger charge is -2.48. The van der Waals surface area contributed by atoms with Crippen molar-refractivity contribution < 1.29 is 52.3 Å². The number of hydrogen-bond acceptors (Lipinski definition) is 11. The number of cyclic esters (lactones) is 1. The van der Waals surface area contributed by atoms with Crippen LogP contribution in [-0.4, -0.2) is 114 Å². The first kappa shape index (κ1) is 67.2. The van der Waals surface area contributed by atoms with E-state index in [-0.39, 0.29) is 66.3 Å². The minimum Gasteiger partial charge on any atom is -0.460 e. The predicted octanol–water partition coefficient (Wildman–Crippen LogP) is 13.9. The molecule has 2 saturated heterocycles. The number of amides is 1. The van der Waals surface area contributed by atoms with Gasteiger partial charge in [0.2, 0.25) is 5.79 Å². The number of carbonyl (C=O) groups is 4. The molecule has 3 heterocycles. The normalized spacial score (nSPS) is 36.4. The van der Waals surface area contributed by atoms with Crippen LogP contribution in [0.4, 0.5) is 0 Å². The van der Waals surface area contributed by atoms with Crippen molar-refractivity contribution in [1.82, 2.24) is 4.90 Å². The Morgan fingerprint density at radius 1 is 0.795 bits per heavy atom. The fourth-order valence-electron chi connectivity index (χ4n) is 12.3. The second-order valence-electron chi connectivity index (χ2n) is 27.3. The van der Waals surface area contributed by atoms with Gasteiger partial charge in [0.15, 0.2) is 0 Å². The molecule has 12 heteroatoms. The van der Waals surface area contributed by atoms with Gasteiger partial charge in [0.1, 0.15) is 17.9 Å². The molecule has 0 aromatic carbocycles. The van der Waals surface area contributed by atoms with E-state index in [9.17, 15) is 9.59 Å². The third-order valence-corrected chi connectivity index (χ3v) is 16.7. The highest BCUT2D eigenvalue weighted by Crippen LogP contribution is 2.42. The average molecular weight is 1090 g/mol. The van der Waals surface area contributed by atoms with Crippen LogP contribution in [-0.2, 0) is 52.3 Å². The molecule has 444 valence electrons. The molecule has 12 nitrogen and oxygen atoms in total. The molecule has 0 aromatic rings. The van der Waals surface area contributed by atoms with Gasteiger partial charge in [-0.2, -0.15) is 0 Å². The van der Waals surface area contributed by atoms with Crippen molar-refractivity contribution in [2.45, 2.75) is 261 Å². The molecule has 0 unspecified atom stereocenters. The molecule has 3 fully saturated rings. The Kier molecular flexibility index (Phi) is 25.6. The number of hydrogen-bond donors (Lipinski definition) is 0. The van der Waals surface area contributed by atoms with E-state index in [4.69, 9.17) is 33.2 Å². The summed E-state index contributed by atoms with van der Waals surface area (Å²) in [6.07, 6.45) is 18.3. The zero-order chi connectivity index (χ0) is 58.5. The Hall–Kier alpha value is -3.26. The molecule has 0 spiro atoms. The molecule has 0 N–H and O–H groups in total. The van der Waals surface area contributed by atoms with Crippen LogP contribution in [0.25, 0.3) is 0 Å². The Morgan fingerprint density at radius 3 is 2.12 bits per heavy atom. The van der Waals surface area contributed by atoms with Gasteiger partial charge in [-0.05, 0) is 181 Å². The summed E-state index contributed by atoms with van der Waals surface area (Å²) in [5.41, 5.74) is 1.47. The van der Waals surface area contributed by atoms with Crippen molar-refractivity contribution in [3.05, 3.63) is 59.8 Å². The second kappa shape index (κ2) is 29.6. The van der Waals surface area contributed by atoms with E-state index < -0.39 is 64.7 Å². The summed E-state index contributed by atoms with van der Waals surface area (Å²) in [4.78, 5) is 61.3. The molecule has 15 atom stereocenters. The lowest BCUT2D eigenvalue weighted by atomic mass is 9.75. The number of Topliss-reactive ketones (excluding diaryl/α,β-unsaturated/α-hetero) is 2. The number of fused-ring (bicyclic) bond motifs is 3. The number of ether oxygens (including phenoxy) is 7. The van der Waals surface area contributed by atoms with Crippen LogP contribution in [0.3, 0.4) is 0 Å². The lowest BCUT2D eigenvalue weighted by Crippen LogP contribution is -2.63. The standard InChI is InChI=1S/C66H109NO11/c1-42-26-22-21-23-27-43(2)57(72-20)40-53-31-29-49(8)66(76-53,78-65(17,18)19)60(69)61(70)67-33-25-24-28-54(67)62(71)75-58(47(6)39-52-30-32-56(46(5)38-52)73-34-35-74-63(11,12)13)41-55(68)45(4)37-48(7)59(77-64(14,15)16)51(10)50(9)44(3)36-42/h21-23,26-27,37,42,44-47,49,51-54,56-59H,9,24-25,28-36,38-41H2,1-8,10-20H3/b23-21+,26-22+,43-27+,48-37+/t42-,44-,45-,46-,47-,49-,51+,52-,53+,54+,56-,57+,58+,59-,66+/m1/s1. The van der Waals surface area contributed by atoms with Crippen LogP contribution in [0.5, 0.6) is 0 Å². The number of allylic oxidation sites excluding steroid dienone is 6. The first-order valence-corrected chi connectivity index (χ1v) is 30.1. The fourth-order valence-corrected chi connectivity index (χ4v) is 12.3. The van der Waals surface area contributed by atoms with E-state index in [0.29, 0.717) is 63.6 Å². The van der Waals surface area contributed by atoms with Crippen molar-refractivity contribution in [3.63, 3.8) is 0 Å². The van der Waals surface area contributed by atoms with Gasteiger partial charge in [0.25, 0.3) is 11.7 Å². The van der Waals surface area contributed by atoms with Gasteiger partial charge in [-0.15, -0.1) is 0 Å².